The molecule has 0 saturated carbocycles. The highest BCUT2D eigenvalue weighted by molar-refractivity contribution is 5.13. The van der Waals surface area contributed by atoms with Gasteiger partial charge in [-0.1, -0.05) is 30.3 Å². The number of aliphatic hydroxyl groups is 3. The number of hydrogen-bond acceptors (Lipinski definition) is 8. The maximum Gasteiger partial charge on any atom is 0.0716 e. The van der Waals surface area contributed by atoms with Crippen LogP contribution in [0.25, 0.3) is 0 Å². The van der Waals surface area contributed by atoms with Gasteiger partial charge in [0.25, 0.3) is 0 Å². The second-order valence-electron chi connectivity index (χ2n) is 7.83. The Morgan fingerprint density at radius 2 is 0.938 bits per heavy atom. The fraction of sp³-hybridized carbons (Fsp3) is 0.750. The molecule has 0 heterocycles. The standard InChI is InChI=1S/C24H42O8/c25-10-4-13-29-19-24(20-30-14-5-11-26,21-31-15-6-12-27)22-32-17-7-16-28-18-23-8-2-1-3-9-23/h1-3,8-9,25-27H,4-7,10-22H2. The van der Waals surface area contributed by atoms with Crippen molar-refractivity contribution in [3.8, 4) is 0 Å². The third-order valence-corrected chi connectivity index (χ3v) is 4.66. The molecule has 0 unspecified atom stereocenters. The largest absolute Gasteiger partial charge is 0.396 e. The molecule has 0 amide bonds. The zero-order valence-electron chi connectivity index (χ0n) is 19.3. The van der Waals surface area contributed by atoms with E-state index in [9.17, 15) is 0 Å². The van der Waals surface area contributed by atoms with Gasteiger partial charge in [0.15, 0.2) is 0 Å². The van der Waals surface area contributed by atoms with Gasteiger partial charge in [0, 0.05) is 52.9 Å². The summed E-state index contributed by atoms with van der Waals surface area (Å²) in [6, 6.07) is 10.0. The molecule has 0 aliphatic rings. The third-order valence-electron chi connectivity index (χ3n) is 4.66. The van der Waals surface area contributed by atoms with Crippen LogP contribution < -0.4 is 0 Å². The van der Waals surface area contributed by atoms with Crippen molar-refractivity contribution in [3.05, 3.63) is 35.9 Å². The number of rotatable bonds is 23. The first-order valence-electron chi connectivity index (χ1n) is 11.5. The summed E-state index contributed by atoms with van der Waals surface area (Å²) in [6.07, 6.45) is 2.45. The molecule has 8 heteroatoms. The van der Waals surface area contributed by atoms with Crippen molar-refractivity contribution in [2.45, 2.75) is 32.3 Å². The molecule has 0 aliphatic carbocycles. The fourth-order valence-electron chi connectivity index (χ4n) is 2.93. The van der Waals surface area contributed by atoms with E-state index in [4.69, 9.17) is 39.0 Å². The third kappa shape index (κ3) is 14.9. The van der Waals surface area contributed by atoms with Gasteiger partial charge in [-0.05, 0) is 31.2 Å². The van der Waals surface area contributed by atoms with Crippen LogP contribution in [-0.2, 0) is 30.3 Å². The zero-order chi connectivity index (χ0) is 23.2. The molecule has 1 aromatic rings. The Hall–Kier alpha value is -1.10. The highest BCUT2D eigenvalue weighted by Crippen LogP contribution is 2.21. The van der Waals surface area contributed by atoms with Crippen LogP contribution in [0.3, 0.4) is 0 Å². The summed E-state index contributed by atoms with van der Waals surface area (Å²) >= 11 is 0. The van der Waals surface area contributed by atoms with Crippen LogP contribution in [0, 0.1) is 5.41 Å². The van der Waals surface area contributed by atoms with Crippen LogP contribution in [0.2, 0.25) is 0 Å². The van der Waals surface area contributed by atoms with Crippen LogP contribution in [0.1, 0.15) is 31.2 Å². The average Bonchev–Trinajstić information content (AvgIpc) is 2.82. The van der Waals surface area contributed by atoms with Crippen molar-refractivity contribution < 1.29 is 39.0 Å². The van der Waals surface area contributed by atoms with E-state index < -0.39 is 5.41 Å². The summed E-state index contributed by atoms with van der Waals surface area (Å²) in [6.45, 7) is 4.79. The van der Waals surface area contributed by atoms with E-state index in [2.05, 4.69) is 0 Å². The Kier molecular flexibility index (Phi) is 18.5. The van der Waals surface area contributed by atoms with Crippen LogP contribution in [-0.4, -0.2) is 94.6 Å². The summed E-state index contributed by atoms with van der Waals surface area (Å²) in [5.41, 5.74) is 0.637. The quantitative estimate of drug-likeness (QED) is 0.213. The van der Waals surface area contributed by atoms with Crippen LogP contribution in [0.5, 0.6) is 0 Å². The van der Waals surface area contributed by atoms with E-state index in [0.29, 0.717) is 85.3 Å². The maximum absolute atomic E-state index is 9.00. The van der Waals surface area contributed by atoms with Crippen molar-refractivity contribution >= 4 is 0 Å². The number of aliphatic hydroxyl groups excluding tert-OH is 3. The highest BCUT2D eigenvalue weighted by atomic mass is 16.5. The number of ether oxygens (including phenoxy) is 5. The summed E-state index contributed by atoms with van der Waals surface area (Å²) in [5.74, 6) is 0. The Morgan fingerprint density at radius 1 is 0.531 bits per heavy atom. The molecule has 32 heavy (non-hydrogen) atoms. The predicted molar refractivity (Wildman–Crippen MR) is 122 cm³/mol. The van der Waals surface area contributed by atoms with E-state index in [1.54, 1.807) is 0 Å². The van der Waals surface area contributed by atoms with E-state index in [-0.39, 0.29) is 19.8 Å². The summed E-state index contributed by atoms with van der Waals surface area (Å²) in [5, 5.41) is 27.0. The lowest BCUT2D eigenvalue weighted by atomic mass is 9.92. The minimum absolute atomic E-state index is 0.0759. The lowest BCUT2D eigenvalue weighted by Gasteiger charge is -2.33. The van der Waals surface area contributed by atoms with Crippen molar-refractivity contribution in [1.82, 2.24) is 0 Å². The van der Waals surface area contributed by atoms with Gasteiger partial charge in [-0.25, -0.2) is 0 Å². The molecule has 0 atom stereocenters. The van der Waals surface area contributed by atoms with Crippen molar-refractivity contribution in [1.29, 1.82) is 0 Å². The van der Waals surface area contributed by atoms with Gasteiger partial charge in [-0.2, -0.15) is 0 Å². The smallest absolute Gasteiger partial charge is 0.0716 e. The van der Waals surface area contributed by atoms with Gasteiger partial charge in [-0.15, -0.1) is 0 Å². The normalized spacial score (nSPS) is 11.8. The van der Waals surface area contributed by atoms with Gasteiger partial charge >= 0.3 is 0 Å². The Balaban J connectivity index is 2.46. The first kappa shape index (κ1) is 28.9. The topological polar surface area (TPSA) is 107 Å². The molecule has 0 spiro atoms. The highest BCUT2D eigenvalue weighted by Gasteiger charge is 2.32. The van der Waals surface area contributed by atoms with E-state index in [1.807, 2.05) is 30.3 Å². The molecular weight excluding hydrogens is 416 g/mol. The molecule has 0 aliphatic heterocycles. The average molecular weight is 459 g/mol. The van der Waals surface area contributed by atoms with E-state index >= 15 is 0 Å². The molecule has 0 saturated heterocycles. The monoisotopic (exact) mass is 458 g/mol. The van der Waals surface area contributed by atoms with Gasteiger partial charge in [-0.3, -0.25) is 0 Å². The van der Waals surface area contributed by atoms with Gasteiger partial charge < -0.3 is 39.0 Å². The lowest BCUT2D eigenvalue weighted by Crippen LogP contribution is -2.42. The SMILES string of the molecule is OCCCOCC(COCCCO)(COCCCO)COCCCOCc1ccccc1. The number of hydrogen-bond donors (Lipinski definition) is 3. The minimum atomic E-state index is -0.509. The molecule has 186 valence electrons. The molecule has 1 rings (SSSR count). The second-order valence-corrected chi connectivity index (χ2v) is 7.83. The Bertz CT molecular complexity index is 483. The fourth-order valence-corrected chi connectivity index (χ4v) is 2.93. The first-order valence-corrected chi connectivity index (χ1v) is 11.5. The van der Waals surface area contributed by atoms with Gasteiger partial charge in [0.2, 0.25) is 0 Å². The molecule has 0 bridgehead atoms. The molecular formula is C24H42O8. The first-order chi connectivity index (χ1) is 15.8. The summed E-state index contributed by atoms with van der Waals surface area (Å²) < 4.78 is 29.0. The molecule has 1 aromatic carbocycles. The Morgan fingerprint density at radius 3 is 1.38 bits per heavy atom. The number of benzene rings is 1. The van der Waals surface area contributed by atoms with Crippen molar-refractivity contribution in [2.75, 3.05) is 79.3 Å². The van der Waals surface area contributed by atoms with Crippen molar-refractivity contribution in [3.63, 3.8) is 0 Å². The summed E-state index contributed by atoms with van der Waals surface area (Å²) in [4.78, 5) is 0. The van der Waals surface area contributed by atoms with Crippen LogP contribution in [0.4, 0.5) is 0 Å². The van der Waals surface area contributed by atoms with Crippen molar-refractivity contribution in [2.24, 2.45) is 5.41 Å². The minimum Gasteiger partial charge on any atom is -0.396 e. The van der Waals surface area contributed by atoms with Crippen LogP contribution >= 0.6 is 0 Å². The maximum atomic E-state index is 9.00. The van der Waals surface area contributed by atoms with E-state index in [0.717, 1.165) is 12.0 Å². The molecule has 0 fully saturated rings. The van der Waals surface area contributed by atoms with E-state index in [1.165, 1.54) is 0 Å². The summed E-state index contributed by atoms with van der Waals surface area (Å²) in [7, 11) is 0. The van der Waals surface area contributed by atoms with Crippen LogP contribution in [0.15, 0.2) is 30.3 Å². The van der Waals surface area contributed by atoms with Gasteiger partial charge in [0.1, 0.15) is 0 Å². The van der Waals surface area contributed by atoms with Gasteiger partial charge in [0.05, 0.1) is 38.4 Å². The Labute approximate surface area is 192 Å². The molecule has 0 aromatic heterocycles. The lowest BCUT2D eigenvalue weighted by molar-refractivity contribution is -0.110. The molecule has 8 nitrogen and oxygen atoms in total. The molecule has 3 N–H and O–H groups in total. The zero-order valence-corrected chi connectivity index (χ0v) is 19.3. The second kappa shape index (κ2) is 20.5. The predicted octanol–water partition coefficient (Wildman–Crippen LogP) is 1.79. The molecule has 0 radical (unpaired) electrons.